The van der Waals surface area contributed by atoms with Crippen LogP contribution in [0.5, 0.6) is 0 Å². The van der Waals surface area contributed by atoms with Crippen molar-refractivity contribution in [3.63, 3.8) is 0 Å². The van der Waals surface area contributed by atoms with E-state index < -0.39 is 0 Å². The maximum Gasteiger partial charge on any atom is 0.238 e. The van der Waals surface area contributed by atoms with Crippen molar-refractivity contribution in [3.8, 4) is 0 Å². The van der Waals surface area contributed by atoms with E-state index in [4.69, 9.17) is 11.6 Å². The summed E-state index contributed by atoms with van der Waals surface area (Å²) in [7, 11) is 3.81. The Labute approximate surface area is 113 Å². The average Bonchev–Trinajstić information content (AvgIpc) is 2.31. The SMILES string of the molecule is CNCCN(C)CC(=O)Nc1ccc(C)c(Cl)c1. The molecule has 0 aliphatic rings. The van der Waals surface area contributed by atoms with Crippen LogP contribution < -0.4 is 10.6 Å². The van der Waals surface area contributed by atoms with E-state index >= 15 is 0 Å². The number of likely N-dealkylation sites (N-methyl/N-ethyl adjacent to an activating group) is 2. The zero-order valence-electron chi connectivity index (χ0n) is 11.1. The van der Waals surface area contributed by atoms with E-state index in [9.17, 15) is 4.79 Å². The van der Waals surface area contributed by atoms with Crippen LogP contribution in [0, 0.1) is 6.92 Å². The van der Waals surface area contributed by atoms with Crippen molar-refractivity contribution in [2.24, 2.45) is 0 Å². The Morgan fingerprint density at radius 1 is 1.44 bits per heavy atom. The second-order valence-electron chi connectivity index (χ2n) is 4.35. The van der Waals surface area contributed by atoms with E-state index in [0.29, 0.717) is 11.6 Å². The van der Waals surface area contributed by atoms with Crippen molar-refractivity contribution in [1.29, 1.82) is 0 Å². The Morgan fingerprint density at radius 3 is 2.78 bits per heavy atom. The molecule has 0 fully saturated rings. The van der Waals surface area contributed by atoms with Gasteiger partial charge >= 0.3 is 0 Å². The van der Waals surface area contributed by atoms with E-state index in [1.54, 1.807) is 6.07 Å². The number of aryl methyl sites for hydroxylation is 1. The lowest BCUT2D eigenvalue weighted by Gasteiger charge is -2.16. The summed E-state index contributed by atoms with van der Waals surface area (Å²) in [6.45, 7) is 3.99. The Kier molecular flexibility index (Phi) is 6.12. The molecule has 0 saturated heterocycles. The van der Waals surface area contributed by atoms with Crippen LogP contribution in [0.2, 0.25) is 5.02 Å². The van der Waals surface area contributed by atoms with E-state index in [2.05, 4.69) is 10.6 Å². The highest BCUT2D eigenvalue weighted by Gasteiger charge is 2.07. The first-order chi connectivity index (χ1) is 8.52. The van der Waals surface area contributed by atoms with Gasteiger partial charge in [0.2, 0.25) is 5.91 Å². The maximum atomic E-state index is 11.8. The van der Waals surface area contributed by atoms with Crippen LogP contribution in [0.4, 0.5) is 5.69 Å². The number of nitrogens with one attached hydrogen (secondary N) is 2. The van der Waals surface area contributed by atoms with Gasteiger partial charge in [-0.2, -0.15) is 0 Å². The molecule has 0 unspecified atom stereocenters. The number of hydrogen-bond acceptors (Lipinski definition) is 3. The summed E-state index contributed by atoms with van der Waals surface area (Å²) in [5.74, 6) is -0.0338. The molecule has 0 saturated carbocycles. The molecule has 0 aliphatic heterocycles. The number of benzene rings is 1. The molecule has 100 valence electrons. The minimum absolute atomic E-state index is 0.0338. The quantitative estimate of drug-likeness (QED) is 0.827. The van der Waals surface area contributed by atoms with E-state index in [-0.39, 0.29) is 5.91 Å². The minimum Gasteiger partial charge on any atom is -0.325 e. The first kappa shape index (κ1) is 15.0. The molecule has 0 atom stereocenters. The molecule has 0 heterocycles. The lowest BCUT2D eigenvalue weighted by Crippen LogP contribution is -2.34. The molecule has 2 N–H and O–H groups in total. The van der Waals surface area contributed by atoms with Gasteiger partial charge in [0, 0.05) is 23.8 Å². The molecule has 1 aromatic rings. The number of hydrogen-bond donors (Lipinski definition) is 2. The number of nitrogens with zero attached hydrogens (tertiary/aromatic N) is 1. The number of carbonyl (C=O) groups is 1. The first-order valence-electron chi connectivity index (χ1n) is 5.92. The van der Waals surface area contributed by atoms with Crippen LogP contribution in [0.25, 0.3) is 0 Å². The highest BCUT2D eigenvalue weighted by molar-refractivity contribution is 6.31. The smallest absolute Gasteiger partial charge is 0.238 e. The lowest BCUT2D eigenvalue weighted by atomic mass is 10.2. The fourth-order valence-electron chi connectivity index (χ4n) is 1.50. The van der Waals surface area contributed by atoms with Gasteiger partial charge in [-0.05, 0) is 38.7 Å². The topological polar surface area (TPSA) is 44.4 Å². The number of carbonyl (C=O) groups excluding carboxylic acids is 1. The summed E-state index contributed by atoms with van der Waals surface area (Å²) in [6, 6.07) is 5.51. The normalized spacial score (nSPS) is 10.7. The predicted octanol–water partition coefficient (Wildman–Crippen LogP) is 1.74. The molecular weight excluding hydrogens is 250 g/mol. The summed E-state index contributed by atoms with van der Waals surface area (Å²) < 4.78 is 0. The summed E-state index contributed by atoms with van der Waals surface area (Å²) >= 11 is 6.00. The fraction of sp³-hybridized carbons (Fsp3) is 0.462. The molecule has 4 nitrogen and oxygen atoms in total. The second kappa shape index (κ2) is 7.36. The van der Waals surface area contributed by atoms with E-state index in [1.165, 1.54) is 0 Å². The van der Waals surface area contributed by atoms with E-state index in [1.807, 2.05) is 38.1 Å². The van der Waals surface area contributed by atoms with Crippen LogP contribution in [0.1, 0.15) is 5.56 Å². The highest BCUT2D eigenvalue weighted by Crippen LogP contribution is 2.19. The molecule has 1 rings (SSSR count). The summed E-state index contributed by atoms with van der Waals surface area (Å²) in [6.07, 6.45) is 0. The van der Waals surface area contributed by atoms with Crippen LogP contribution in [0.15, 0.2) is 18.2 Å². The standard InChI is InChI=1S/C13H20ClN3O/c1-10-4-5-11(8-12(10)14)16-13(18)9-17(3)7-6-15-2/h4-5,8,15H,6-7,9H2,1-3H3,(H,16,18). The average molecular weight is 270 g/mol. The van der Waals surface area contributed by atoms with Crippen molar-refractivity contribution in [2.75, 3.05) is 39.0 Å². The Balaban J connectivity index is 2.46. The van der Waals surface area contributed by atoms with Gasteiger partial charge in [-0.3, -0.25) is 9.69 Å². The molecule has 0 radical (unpaired) electrons. The van der Waals surface area contributed by atoms with Gasteiger partial charge in [-0.25, -0.2) is 0 Å². The fourth-order valence-corrected chi connectivity index (χ4v) is 1.68. The molecule has 1 aromatic carbocycles. The number of rotatable bonds is 6. The molecule has 0 aromatic heterocycles. The van der Waals surface area contributed by atoms with Crippen LogP contribution >= 0.6 is 11.6 Å². The summed E-state index contributed by atoms with van der Waals surface area (Å²) in [5.41, 5.74) is 1.73. The number of anilines is 1. The second-order valence-corrected chi connectivity index (χ2v) is 4.76. The molecule has 0 bridgehead atoms. The van der Waals surface area contributed by atoms with Gasteiger partial charge in [-0.15, -0.1) is 0 Å². The van der Waals surface area contributed by atoms with Gasteiger partial charge in [0.1, 0.15) is 0 Å². The summed E-state index contributed by atoms with van der Waals surface area (Å²) in [4.78, 5) is 13.7. The molecule has 18 heavy (non-hydrogen) atoms. The number of amides is 1. The largest absolute Gasteiger partial charge is 0.325 e. The van der Waals surface area contributed by atoms with Crippen molar-refractivity contribution in [3.05, 3.63) is 28.8 Å². The number of halogens is 1. The molecule has 0 aliphatic carbocycles. The van der Waals surface area contributed by atoms with E-state index in [0.717, 1.165) is 24.3 Å². The van der Waals surface area contributed by atoms with Gasteiger partial charge in [-0.1, -0.05) is 17.7 Å². The zero-order chi connectivity index (χ0) is 13.5. The monoisotopic (exact) mass is 269 g/mol. The third-order valence-electron chi connectivity index (χ3n) is 2.61. The van der Waals surface area contributed by atoms with Crippen molar-refractivity contribution >= 4 is 23.2 Å². The molecule has 1 amide bonds. The molecular formula is C13H20ClN3O. The van der Waals surface area contributed by atoms with Gasteiger partial charge < -0.3 is 10.6 Å². The van der Waals surface area contributed by atoms with Crippen LogP contribution in [-0.2, 0) is 4.79 Å². The third kappa shape index (κ3) is 5.04. The predicted molar refractivity (Wildman–Crippen MR) is 76.2 cm³/mol. The Morgan fingerprint density at radius 2 is 2.17 bits per heavy atom. The lowest BCUT2D eigenvalue weighted by molar-refractivity contribution is -0.117. The van der Waals surface area contributed by atoms with Gasteiger partial charge in [0.15, 0.2) is 0 Å². The maximum absolute atomic E-state index is 11.8. The highest BCUT2D eigenvalue weighted by atomic mass is 35.5. The van der Waals surface area contributed by atoms with Crippen molar-refractivity contribution in [1.82, 2.24) is 10.2 Å². The molecule has 5 heteroatoms. The Bertz CT molecular complexity index is 409. The van der Waals surface area contributed by atoms with Gasteiger partial charge in [0.25, 0.3) is 0 Å². The van der Waals surface area contributed by atoms with Crippen LogP contribution in [0.3, 0.4) is 0 Å². The van der Waals surface area contributed by atoms with Crippen molar-refractivity contribution < 1.29 is 4.79 Å². The van der Waals surface area contributed by atoms with Crippen LogP contribution in [-0.4, -0.2) is 44.5 Å². The Hall–Kier alpha value is -1.10. The molecule has 0 spiro atoms. The summed E-state index contributed by atoms with van der Waals surface area (Å²) in [5, 5.41) is 6.54. The first-order valence-corrected chi connectivity index (χ1v) is 6.30. The minimum atomic E-state index is -0.0338. The zero-order valence-corrected chi connectivity index (χ0v) is 11.8. The third-order valence-corrected chi connectivity index (χ3v) is 3.02. The van der Waals surface area contributed by atoms with Gasteiger partial charge in [0.05, 0.1) is 6.54 Å². The van der Waals surface area contributed by atoms with Crippen molar-refractivity contribution in [2.45, 2.75) is 6.92 Å².